The van der Waals surface area contributed by atoms with Crippen LogP contribution >= 0.6 is 0 Å². The Morgan fingerprint density at radius 1 is 1.00 bits per heavy atom. The van der Waals surface area contributed by atoms with E-state index in [4.69, 9.17) is 20.4 Å². The maximum Gasteiger partial charge on any atom is 0.334 e. The second-order valence-corrected chi connectivity index (χ2v) is 1.86. The number of rotatable bonds is 4. The lowest BCUT2D eigenvalue weighted by Crippen LogP contribution is -2.12. The second-order valence-electron chi connectivity index (χ2n) is 1.86. The smallest absolute Gasteiger partial charge is 0.334 e. The highest BCUT2D eigenvalue weighted by Crippen LogP contribution is 2.02. The largest absolute Gasteiger partial charge is 0.478 e. The average molecular weight is 162 g/mol. The number of aliphatic carboxylic acids is 1. The van der Waals surface area contributed by atoms with E-state index in [1.165, 1.54) is 0 Å². The van der Waals surface area contributed by atoms with Gasteiger partial charge in [0.05, 0.1) is 25.4 Å². The van der Waals surface area contributed by atoms with Crippen molar-refractivity contribution in [2.24, 2.45) is 0 Å². The summed E-state index contributed by atoms with van der Waals surface area (Å²) in [7, 11) is 0. The molecule has 0 bridgehead atoms. The number of hydrogen-bond acceptors (Lipinski definition) is 4. The summed E-state index contributed by atoms with van der Waals surface area (Å²) in [6.07, 6.45) is 0. The molecule has 0 fully saturated rings. The van der Waals surface area contributed by atoms with Crippen LogP contribution in [-0.2, 0) is 4.79 Å². The molecule has 11 heavy (non-hydrogen) atoms. The first kappa shape index (κ1) is 10.1. The third kappa shape index (κ3) is 2.67. The first-order valence-corrected chi connectivity index (χ1v) is 2.94. The van der Waals surface area contributed by atoms with E-state index >= 15 is 0 Å². The van der Waals surface area contributed by atoms with Crippen LogP contribution in [0.1, 0.15) is 0 Å². The summed E-state index contributed by atoms with van der Waals surface area (Å²) in [4.78, 5) is 10.2. The van der Waals surface area contributed by atoms with Gasteiger partial charge < -0.3 is 20.4 Å². The molecule has 0 rings (SSSR count). The molecular weight excluding hydrogens is 152 g/mol. The van der Waals surface area contributed by atoms with Gasteiger partial charge in [-0.15, -0.1) is 0 Å². The maximum absolute atomic E-state index is 10.2. The molecular formula is C6H10O5. The van der Waals surface area contributed by atoms with Crippen molar-refractivity contribution >= 4 is 5.97 Å². The minimum absolute atomic E-state index is 0.0694. The van der Waals surface area contributed by atoms with Gasteiger partial charge in [0, 0.05) is 0 Å². The summed E-state index contributed by atoms with van der Waals surface area (Å²) < 4.78 is 0. The van der Waals surface area contributed by atoms with Gasteiger partial charge in [-0.05, 0) is 5.57 Å². The van der Waals surface area contributed by atoms with Crippen LogP contribution in [-0.4, -0.2) is 46.2 Å². The number of aliphatic hydroxyl groups excluding tert-OH is 3. The van der Waals surface area contributed by atoms with Gasteiger partial charge in [-0.25, -0.2) is 4.79 Å². The summed E-state index contributed by atoms with van der Waals surface area (Å²) in [6.45, 7) is -1.80. The van der Waals surface area contributed by atoms with Crippen molar-refractivity contribution < 1.29 is 25.2 Å². The van der Waals surface area contributed by atoms with E-state index in [1.54, 1.807) is 0 Å². The molecule has 0 spiro atoms. The molecule has 0 aromatic heterocycles. The molecule has 0 aliphatic heterocycles. The highest BCUT2D eigenvalue weighted by molar-refractivity contribution is 5.87. The Bertz CT molecular complexity index is 166. The van der Waals surface area contributed by atoms with Crippen LogP contribution in [0.5, 0.6) is 0 Å². The predicted molar refractivity (Wildman–Crippen MR) is 35.9 cm³/mol. The van der Waals surface area contributed by atoms with E-state index in [9.17, 15) is 4.79 Å². The predicted octanol–water partition coefficient (Wildman–Crippen LogP) is -1.66. The maximum atomic E-state index is 10.2. The Hall–Kier alpha value is -0.910. The van der Waals surface area contributed by atoms with Crippen molar-refractivity contribution in [2.45, 2.75) is 0 Å². The standard InChI is InChI=1S/C6H10O5/c7-1-4(2-8)5(3-9)6(10)11/h7-9H,1-3H2,(H,10,11). The van der Waals surface area contributed by atoms with Crippen LogP contribution in [0.4, 0.5) is 0 Å². The molecule has 0 aromatic carbocycles. The van der Waals surface area contributed by atoms with Crippen LogP contribution in [0.2, 0.25) is 0 Å². The highest BCUT2D eigenvalue weighted by atomic mass is 16.4. The van der Waals surface area contributed by atoms with Gasteiger partial charge in [0.25, 0.3) is 0 Å². The lowest BCUT2D eigenvalue weighted by molar-refractivity contribution is -0.133. The highest BCUT2D eigenvalue weighted by Gasteiger charge is 2.11. The van der Waals surface area contributed by atoms with E-state index in [2.05, 4.69) is 0 Å². The van der Waals surface area contributed by atoms with Crippen molar-refractivity contribution in [3.05, 3.63) is 11.1 Å². The SMILES string of the molecule is O=C(O)C(CO)=C(CO)CO. The fourth-order valence-electron chi connectivity index (χ4n) is 0.572. The van der Waals surface area contributed by atoms with E-state index in [0.29, 0.717) is 0 Å². The van der Waals surface area contributed by atoms with Crippen LogP contribution in [0.25, 0.3) is 0 Å². The molecule has 0 saturated carbocycles. The van der Waals surface area contributed by atoms with E-state index < -0.39 is 25.8 Å². The molecule has 64 valence electrons. The lowest BCUT2D eigenvalue weighted by Gasteiger charge is -2.03. The molecule has 5 heteroatoms. The zero-order chi connectivity index (χ0) is 8.85. The Kier molecular flexibility index (Phi) is 4.44. The van der Waals surface area contributed by atoms with E-state index in [-0.39, 0.29) is 11.1 Å². The summed E-state index contributed by atoms with van der Waals surface area (Å²) in [5.74, 6) is -1.33. The number of carbonyl (C=O) groups is 1. The average Bonchev–Trinajstić information content (AvgIpc) is 1.99. The van der Waals surface area contributed by atoms with Gasteiger partial charge in [0.1, 0.15) is 0 Å². The number of carboxylic acids is 1. The molecule has 0 aliphatic carbocycles. The summed E-state index contributed by atoms with van der Waals surface area (Å²) in [5.41, 5.74) is -0.421. The molecule has 0 atom stereocenters. The topological polar surface area (TPSA) is 98.0 Å². The monoisotopic (exact) mass is 162 g/mol. The minimum atomic E-state index is -1.33. The normalized spacial score (nSPS) is 9.36. The third-order valence-electron chi connectivity index (χ3n) is 1.22. The molecule has 0 radical (unpaired) electrons. The van der Waals surface area contributed by atoms with Crippen LogP contribution in [0.15, 0.2) is 11.1 Å². The van der Waals surface area contributed by atoms with Gasteiger partial charge in [-0.3, -0.25) is 0 Å². The number of carboxylic acid groups (broad SMARTS) is 1. The molecule has 0 heterocycles. The van der Waals surface area contributed by atoms with Gasteiger partial charge >= 0.3 is 5.97 Å². The van der Waals surface area contributed by atoms with Crippen molar-refractivity contribution in [3.8, 4) is 0 Å². The Morgan fingerprint density at radius 2 is 1.45 bits per heavy atom. The van der Waals surface area contributed by atoms with Gasteiger partial charge in [0.2, 0.25) is 0 Å². The minimum Gasteiger partial charge on any atom is -0.478 e. The fourth-order valence-corrected chi connectivity index (χ4v) is 0.572. The first-order valence-electron chi connectivity index (χ1n) is 2.94. The Balaban J connectivity index is 4.62. The van der Waals surface area contributed by atoms with E-state index in [0.717, 1.165) is 0 Å². The quantitative estimate of drug-likeness (QED) is 0.371. The molecule has 0 aromatic rings. The van der Waals surface area contributed by atoms with E-state index in [1.807, 2.05) is 0 Å². The van der Waals surface area contributed by atoms with Crippen molar-refractivity contribution in [3.63, 3.8) is 0 Å². The summed E-state index contributed by atoms with van der Waals surface area (Å²) in [6, 6.07) is 0. The van der Waals surface area contributed by atoms with Crippen LogP contribution < -0.4 is 0 Å². The molecule has 0 saturated heterocycles. The molecule has 0 unspecified atom stereocenters. The molecule has 4 N–H and O–H groups in total. The van der Waals surface area contributed by atoms with Gasteiger partial charge in [-0.2, -0.15) is 0 Å². The van der Waals surface area contributed by atoms with Gasteiger partial charge in [-0.1, -0.05) is 0 Å². The summed E-state index contributed by atoms with van der Waals surface area (Å²) in [5, 5.41) is 33.8. The number of aliphatic hydroxyl groups is 3. The zero-order valence-electron chi connectivity index (χ0n) is 5.82. The third-order valence-corrected chi connectivity index (χ3v) is 1.22. The first-order chi connectivity index (χ1) is 5.17. The van der Waals surface area contributed by atoms with Crippen molar-refractivity contribution in [2.75, 3.05) is 19.8 Å². The van der Waals surface area contributed by atoms with Crippen molar-refractivity contribution in [1.29, 1.82) is 0 Å². The van der Waals surface area contributed by atoms with Crippen LogP contribution in [0.3, 0.4) is 0 Å². The molecule has 0 amide bonds. The lowest BCUT2D eigenvalue weighted by atomic mass is 10.1. The van der Waals surface area contributed by atoms with Crippen molar-refractivity contribution in [1.82, 2.24) is 0 Å². The fraction of sp³-hybridized carbons (Fsp3) is 0.500. The van der Waals surface area contributed by atoms with Gasteiger partial charge in [0.15, 0.2) is 0 Å². The second kappa shape index (κ2) is 4.84. The number of hydrogen-bond donors (Lipinski definition) is 4. The Morgan fingerprint density at radius 3 is 1.55 bits per heavy atom. The summed E-state index contributed by atoms with van der Waals surface area (Å²) >= 11 is 0. The van der Waals surface area contributed by atoms with Crippen LogP contribution in [0, 0.1) is 0 Å². The molecule has 5 nitrogen and oxygen atoms in total. The molecule has 0 aliphatic rings. The Labute approximate surface area is 63.2 Å². The zero-order valence-corrected chi connectivity index (χ0v) is 5.82.